The van der Waals surface area contributed by atoms with Crippen LogP contribution in [-0.2, 0) is 6.54 Å². The third kappa shape index (κ3) is 3.09. The smallest absolute Gasteiger partial charge is 0.194 e. The van der Waals surface area contributed by atoms with E-state index in [1.54, 1.807) is 0 Å². The molecule has 2 fully saturated rings. The highest BCUT2D eigenvalue weighted by molar-refractivity contribution is 5.20. The Bertz CT molecular complexity index is 507. The first-order chi connectivity index (χ1) is 10.1. The highest BCUT2D eigenvalue weighted by Crippen LogP contribution is 2.36. The van der Waals surface area contributed by atoms with Crippen molar-refractivity contribution in [3.8, 4) is 0 Å². The minimum atomic E-state index is -1.36. The van der Waals surface area contributed by atoms with Crippen LogP contribution in [-0.4, -0.2) is 31.1 Å². The Balaban J connectivity index is 1.71. The van der Waals surface area contributed by atoms with E-state index in [4.69, 9.17) is 0 Å². The van der Waals surface area contributed by atoms with Crippen LogP contribution in [0.25, 0.3) is 0 Å². The number of rotatable bonds is 2. The van der Waals surface area contributed by atoms with Gasteiger partial charge in [0.05, 0.1) is 0 Å². The van der Waals surface area contributed by atoms with E-state index in [1.807, 2.05) is 0 Å². The fraction of sp³-hybridized carbons (Fsp3) is 0.625. The molecule has 0 aliphatic carbocycles. The lowest BCUT2D eigenvalue weighted by Gasteiger charge is -2.45. The third-order valence-electron chi connectivity index (χ3n) is 4.81. The van der Waals surface area contributed by atoms with Crippen molar-refractivity contribution < 1.29 is 13.2 Å². The van der Waals surface area contributed by atoms with Gasteiger partial charge in [0.15, 0.2) is 17.5 Å². The molecule has 1 aromatic carbocycles. The van der Waals surface area contributed by atoms with E-state index in [1.165, 1.54) is 25.3 Å². The van der Waals surface area contributed by atoms with Crippen molar-refractivity contribution in [2.24, 2.45) is 5.41 Å². The van der Waals surface area contributed by atoms with E-state index in [0.717, 1.165) is 38.7 Å². The maximum atomic E-state index is 13.8. The van der Waals surface area contributed by atoms with Crippen molar-refractivity contribution in [3.63, 3.8) is 0 Å². The second-order valence-corrected chi connectivity index (χ2v) is 6.43. The molecule has 0 radical (unpaired) electrons. The molecule has 21 heavy (non-hydrogen) atoms. The van der Waals surface area contributed by atoms with Gasteiger partial charge in [-0.1, -0.05) is 6.07 Å². The van der Waals surface area contributed by atoms with Crippen LogP contribution < -0.4 is 5.32 Å². The van der Waals surface area contributed by atoms with Gasteiger partial charge >= 0.3 is 0 Å². The van der Waals surface area contributed by atoms with Gasteiger partial charge in [0.1, 0.15) is 0 Å². The summed E-state index contributed by atoms with van der Waals surface area (Å²) in [6.07, 6.45) is 4.63. The predicted octanol–water partition coefficient (Wildman–Crippen LogP) is 3.07. The summed E-state index contributed by atoms with van der Waals surface area (Å²) in [7, 11) is 0. The molecule has 2 aliphatic heterocycles. The summed E-state index contributed by atoms with van der Waals surface area (Å²) in [6, 6.07) is 2.36. The zero-order valence-electron chi connectivity index (χ0n) is 12.1. The molecular formula is C16H21F3N2. The molecule has 116 valence electrons. The van der Waals surface area contributed by atoms with E-state index in [-0.39, 0.29) is 11.0 Å². The average Bonchev–Trinajstić information content (AvgIpc) is 2.49. The maximum Gasteiger partial charge on any atom is 0.194 e. The molecule has 1 spiro atoms. The van der Waals surface area contributed by atoms with E-state index < -0.39 is 17.5 Å². The molecule has 2 heterocycles. The zero-order chi connectivity index (χ0) is 14.9. The van der Waals surface area contributed by atoms with Gasteiger partial charge in [-0.25, -0.2) is 13.2 Å². The Labute approximate surface area is 123 Å². The first-order valence-corrected chi connectivity index (χ1v) is 7.65. The number of piperidine rings is 2. The number of nitrogens with zero attached hydrogens (tertiary/aromatic N) is 1. The number of hydrogen-bond donors (Lipinski definition) is 1. The number of nitrogens with one attached hydrogen (secondary N) is 1. The Morgan fingerprint density at radius 2 is 1.90 bits per heavy atom. The normalized spacial score (nSPS) is 27.2. The summed E-state index contributed by atoms with van der Waals surface area (Å²) >= 11 is 0. The first kappa shape index (κ1) is 14.9. The second-order valence-electron chi connectivity index (χ2n) is 6.43. The monoisotopic (exact) mass is 298 g/mol. The lowest BCUT2D eigenvalue weighted by atomic mass is 9.74. The van der Waals surface area contributed by atoms with Crippen LogP contribution in [0.4, 0.5) is 13.2 Å². The fourth-order valence-corrected chi connectivity index (χ4v) is 3.75. The molecule has 5 heteroatoms. The molecule has 0 saturated carbocycles. The summed E-state index contributed by atoms with van der Waals surface area (Å²) in [5, 5.41) is 3.45. The summed E-state index contributed by atoms with van der Waals surface area (Å²) in [5.74, 6) is -3.53. The highest BCUT2D eigenvalue weighted by Gasteiger charge is 2.36. The molecule has 1 atom stereocenters. The van der Waals surface area contributed by atoms with Crippen molar-refractivity contribution in [1.29, 1.82) is 0 Å². The minimum absolute atomic E-state index is 0.245. The Morgan fingerprint density at radius 1 is 1.10 bits per heavy atom. The van der Waals surface area contributed by atoms with Gasteiger partial charge in [-0.2, -0.15) is 0 Å². The van der Waals surface area contributed by atoms with Crippen LogP contribution >= 0.6 is 0 Å². The summed E-state index contributed by atoms with van der Waals surface area (Å²) in [5.41, 5.74) is 0.515. The van der Waals surface area contributed by atoms with Crippen LogP contribution in [0, 0.1) is 22.9 Å². The largest absolute Gasteiger partial charge is 0.316 e. The molecule has 2 aliphatic rings. The van der Waals surface area contributed by atoms with Crippen molar-refractivity contribution in [2.45, 2.75) is 32.2 Å². The predicted molar refractivity (Wildman–Crippen MR) is 75.4 cm³/mol. The van der Waals surface area contributed by atoms with Gasteiger partial charge in [-0.3, -0.25) is 4.90 Å². The SMILES string of the molecule is Fc1ccc(CN2CCCC3(CCCNC3)C2)c(F)c1F. The molecule has 1 aromatic rings. The Kier molecular flexibility index (Phi) is 4.22. The third-order valence-corrected chi connectivity index (χ3v) is 4.81. The average molecular weight is 298 g/mol. The standard InChI is InChI=1S/C16H21F3N2/c17-13-4-3-12(14(18)15(13)19)9-21-8-2-6-16(11-21)5-1-7-20-10-16/h3-4,20H,1-2,5-11H2. The second kappa shape index (κ2) is 5.97. The molecule has 1 N–H and O–H groups in total. The summed E-state index contributed by atoms with van der Waals surface area (Å²) in [6.45, 7) is 4.21. The Hall–Kier alpha value is -1.07. The lowest BCUT2D eigenvalue weighted by Crippen LogP contribution is -2.50. The summed E-state index contributed by atoms with van der Waals surface area (Å²) in [4.78, 5) is 2.17. The number of benzene rings is 1. The van der Waals surface area contributed by atoms with Gasteiger partial charge in [0.2, 0.25) is 0 Å². The van der Waals surface area contributed by atoms with E-state index in [9.17, 15) is 13.2 Å². The number of halogens is 3. The maximum absolute atomic E-state index is 13.8. The Morgan fingerprint density at radius 3 is 2.67 bits per heavy atom. The molecule has 2 nitrogen and oxygen atoms in total. The zero-order valence-corrected chi connectivity index (χ0v) is 12.1. The highest BCUT2D eigenvalue weighted by atomic mass is 19.2. The quantitative estimate of drug-likeness (QED) is 0.844. The van der Waals surface area contributed by atoms with Crippen LogP contribution in [0.15, 0.2) is 12.1 Å². The molecule has 1 unspecified atom stereocenters. The number of likely N-dealkylation sites (tertiary alicyclic amines) is 1. The van der Waals surface area contributed by atoms with Crippen molar-refractivity contribution in [1.82, 2.24) is 10.2 Å². The van der Waals surface area contributed by atoms with Gasteiger partial charge in [-0.15, -0.1) is 0 Å². The molecule has 0 amide bonds. The summed E-state index contributed by atoms with van der Waals surface area (Å²) < 4.78 is 40.1. The topological polar surface area (TPSA) is 15.3 Å². The van der Waals surface area contributed by atoms with Crippen molar-refractivity contribution >= 4 is 0 Å². The lowest BCUT2D eigenvalue weighted by molar-refractivity contribution is 0.0593. The first-order valence-electron chi connectivity index (χ1n) is 7.65. The van der Waals surface area contributed by atoms with Gasteiger partial charge < -0.3 is 5.32 Å². The molecule has 3 rings (SSSR count). The van der Waals surface area contributed by atoms with Crippen LogP contribution in [0.3, 0.4) is 0 Å². The minimum Gasteiger partial charge on any atom is -0.316 e. The molecular weight excluding hydrogens is 277 g/mol. The fourth-order valence-electron chi connectivity index (χ4n) is 3.75. The van der Waals surface area contributed by atoms with E-state index in [0.29, 0.717) is 6.54 Å². The van der Waals surface area contributed by atoms with Crippen molar-refractivity contribution in [3.05, 3.63) is 35.1 Å². The van der Waals surface area contributed by atoms with Gasteiger partial charge in [0, 0.05) is 25.2 Å². The number of hydrogen-bond acceptors (Lipinski definition) is 2. The molecule has 0 bridgehead atoms. The van der Waals surface area contributed by atoms with Gasteiger partial charge in [0.25, 0.3) is 0 Å². The van der Waals surface area contributed by atoms with Crippen LogP contribution in [0.2, 0.25) is 0 Å². The molecule has 0 aromatic heterocycles. The van der Waals surface area contributed by atoms with Crippen LogP contribution in [0.5, 0.6) is 0 Å². The van der Waals surface area contributed by atoms with E-state index >= 15 is 0 Å². The van der Waals surface area contributed by atoms with Crippen LogP contribution in [0.1, 0.15) is 31.2 Å². The molecule has 2 saturated heterocycles. The van der Waals surface area contributed by atoms with Gasteiger partial charge in [-0.05, 0) is 50.3 Å². The van der Waals surface area contributed by atoms with Crippen molar-refractivity contribution in [2.75, 3.05) is 26.2 Å². The van der Waals surface area contributed by atoms with E-state index in [2.05, 4.69) is 10.2 Å².